The van der Waals surface area contributed by atoms with Gasteiger partial charge in [0.15, 0.2) is 5.82 Å². The molecule has 1 N–H and O–H groups in total. The largest absolute Gasteiger partial charge is 0.496 e. The molecule has 114 valence electrons. The molecule has 0 saturated heterocycles. The second-order valence-electron chi connectivity index (χ2n) is 4.45. The highest BCUT2D eigenvalue weighted by Gasteiger charge is 2.13. The molecule has 2 rings (SSSR count). The van der Waals surface area contributed by atoms with Crippen LogP contribution in [-0.2, 0) is 20.1 Å². The molecule has 1 aromatic carbocycles. The highest BCUT2D eigenvalue weighted by Crippen LogP contribution is 2.33. The van der Waals surface area contributed by atoms with Crippen LogP contribution in [0.2, 0.25) is 0 Å². The number of nitrogens with zero attached hydrogens (tertiary/aromatic N) is 3. The van der Waals surface area contributed by atoms with Crippen LogP contribution in [0.25, 0.3) is 0 Å². The van der Waals surface area contributed by atoms with Crippen molar-refractivity contribution in [1.29, 1.82) is 0 Å². The van der Waals surface area contributed by atoms with Crippen molar-refractivity contribution >= 4 is 0 Å². The maximum absolute atomic E-state index is 5.40. The summed E-state index contributed by atoms with van der Waals surface area (Å²) in [4.78, 5) is 4.17. The van der Waals surface area contributed by atoms with E-state index in [0.717, 1.165) is 11.4 Å². The van der Waals surface area contributed by atoms with Crippen LogP contribution >= 0.6 is 0 Å². The zero-order chi connectivity index (χ0) is 15.2. The first-order valence-electron chi connectivity index (χ1n) is 6.52. The quantitative estimate of drug-likeness (QED) is 0.825. The molecule has 0 aliphatic rings. The van der Waals surface area contributed by atoms with Gasteiger partial charge in [-0.15, -0.1) is 0 Å². The Hall–Kier alpha value is -2.28. The third-order valence-electron chi connectivity index (χ3n) is 3.05. The van der Waals surface area contributed by atoms with E-state index in [1.165, 1.54) is 0 Å². The van der Waals surface area contributed by atoms with Gasteiger partial charge in [-0.3, -0.25) is 4.68 Å². The van der Waals surface area contributed by atoms with Gasteiger partial charge in [0, 0.05) is 25.7 Å². The third kappa shape index (κ3) is 3.63. The van der Waals surface area contributed by atoms with Crippen LogP contribution in [0, 0.1) is 0 Å². The van der Waals surface area contributed by atoms with Gasteiger partial charge in [-0.25, -0.2) is 4.98 Å². The second kappa shape index (κ2) is 6.94. The van der Waals surface area contributed by atoms with Gasteiger partial charge in [-0.2, -0.15) is 5.10 Å². The predicted molar refractivity (Wildman–Crippen MR) is 77.6 cm³/mol. The Morgan fingerprint density at radius 1 is 1.05 bits per heavy atom. The van der Waals surface area contributed by atoms with E-state index in [1.807, 2.05) is 19.2 Å². The van der Waals surface area contributed by atoms with E-state index in [0.29, 0.717) is 30.3 Å². The maximum atomic E-state index is 5.40. The fourth-order valence-corrected chi connectivity index (χ4v) is 2.02. The predicted octanol–water partition coefficient (Wildman–Crippen LogP) is 1.13. The lowest BCUT2D eigenvalue weighted by Crippen LogP contribution is -2.15. The Bertz CT molecular complexity index is 573. The summed E-state index contributed by atoms with van der Waals surface area (Å²) in [5, 5.41) is 7.49. The summed E-state index contributed by atoms with van der Waals surface area (Å²) in [6.45, 7) is 1.15. The number of hydrogen-bond acceptors (Lipinski definition) is 6. The molecular formula is C14H20N4O3. The van der Waals surface area contributed by atoms with E-state index >= 15 is 0 Å². The molecule has 0 aliphatic carbocycles. The normalized spacial score (nSPS) is 10.5. The van der Waals surface area contributed by atoms with Crippen LogP contribution in [0.5, 0.6) is 17.2 Å². The molecule has 0 bridgehead atoms. The Kier molecular flexibility index (Phi) is 4.99. The van der Waals surface area contributed by atoms with E-state index in [-0.39, 0.29) is 0 Å². The van der Waals surface area contributed by atoms with Gasteiger partial charge in [0.25, 0.3) is 0 Å². The number of aryl methyl sites for hydroxylation is 1. The van der Waals surface area contributed by atoms with Crippen LogP contribution in [0.15, 0.2) is 18.5 Å². The van der Waals surface area contributed by atoms with Gasteiger partial charge in [0.1, 0.15) is 23.6 Å². The minimum Gasteiger partial charge on any atom is -0.496 e. The summed E-state index contributed by atoms with van der Waals surface area (Å²) in [7, 11) is 6.70. The van der Waals surface area contributed by atoms with Gasteiger partial charge >= 0.3 is 0 Å². The van der Waals surface area contributed by atoms with Crippen molar-refractivity contribution in [3.8, 4) is 17.2 Å². The molecule has 0 amide bonds. The maximum Gasteiger partial charge on any atom is 0.164 e. The molecule has 0 fully saturated rings. The lowest BCUT2D eigenvalue weighted by Gasteiger charge is -2.15. The Morgan fingerprint density at radius 2 is 1.71 bits per heavy atom. The molecule has 0 atom stereocenters. The van der Waals surface area contributed by atoms with Crippen molar-refractivity contribution in [3.05, 3.63) is 29.8 Å². The smallest absolute Gasteiger partial charge is 0.164 e. The molecule has 0 radical (unpaired) electrons. The number of rotatable bonds is 7. The van der Waals surface area contributed by atoms with Gasteiger partial charge in [0.2, 0.25) is 0 Å². The van der Waals surface area contributed by atoms with Gasteiger partial charge < -0.3 is 19.5 Å². The Labute approximate surface area is 123 Å². The highest BCUT2D eigenvalue weighted by atomic mass is 16.5. The number of aromatic nitrogens is 3. The van der Waals surface area contributed by atoms with E-state index in [4.69, 9.17) is 14.2 Å². The summed E-state index contributed by atoms with van der Waals surface area (Å²) in [6.07, 6.45) is 1.67. The van der Waals surface area contributed by atoms with E-state index in [9.17, 15) is 0 Å². The average molecular weight is 292 g/mol. The molecule has 0 aliphatic heterocycles. The molecule has 1 heterocycles. The third-order valence-corrected chi connectivity index (χ3v) is 3.05. The molecule has 2 aromatic rings. The summed E-state index contributed by atoms with van der Waals surface area (Å²) in [6, 6.07) is 3.66. The lowest BCUT2D eigenvalue weighted by atomic mass is 10.1. The molecular weight excluding hydrogens is 272 g/mol. The standard InChI is InChI=1S/C14H20N4O3/c1-18-9-16-14(17-18)8-15-7-11-12(20-3)5-10(19-2)6-13(11)21-4/h5-6,9,15H,7-8H2,1-4H3. The topological polar surface area (TPSA) is 70.4 Å². The van der Waals surface area contributed by atoms with Crippen LogP contribution in [0.3, 0.4) is 0 Å². The minimum absolute atomic E-state index is 0.569. The van der Waals surface area contributed by atoms with Gasteiger partial charge in [-0.05, 0) is 0 Å². The molecule has 0 spiro atoms. The first-order valence-corrected chi connectivity index (χ1v) is 6.52. The Balaban J connectivity index is 2.10. The molecule has 7 nitrogen and oxygen atoms in total. The van der Waals surface area contributed by atoms with Crippen molar-refractivity contribution < 1.29 is 14.2 Å². The van der Waals surface area contributed by atoms with E-state index in [1.54, 1.807) is 32.3 Å². The molecule has 0 unspecified atom stereocenters. The monoisotopic (exact) mass is 292 g/mol. The minimum atomic E-state index is 0.569. The number of ether oxygens (including phenoxy) is 3. The summed E-state index contributed by atoms with van der Waals surface area (Å²) in [5.41, 5.74) is 0.928. The van der Waals surface area contributed by atoms with Crippen LogP contribution in [0.1, 0.15) is 11.4 Å². The number of hydrogen-bond donors (Lipinski definition) is 1. The molecule has 7 heteroatoms. The lowest BCUT2D eigenvalue weighted by molar-refractivity contribution is 0.366. The van der Waals surface area contributed by atoms with Crippen LogP contribution < -0.4 is 19.5 Å². The first-order chi connectivity index (χ1) is 10.2. The van der Waals surface area contributed by atoms with Gasteiger partial charge in [-0.1, -0.05) is 0 Å². The Morgan fingerprint density at radius 3 is 2.19 bits per heavy atom. The average Bonchev–Trinajstić information content (AvgIpc) is 2.92. The zero-order valence-corrected chi connectivity index (χ0v) is 12.7. The molecule has 21 heavy (non-hydrogen) atoms. The molecule has 1 aromatic heterocycles. The summed E-state index contributed by atoms with van der Waals surface area (Å²) >= 11 is 0. The highest BCUT2D eigenvalue weighted by molar-refractivity contribution is 5.50. The zero-order valence-electron chi connectivity index (χ0n) is 12.7. The number of methoxy groups -OCH3 is 3. The summed E-state index contributed by atoms with van der Waals surface area (Å²) < 4.78 is 17.7. The number of nitrogens with one attached hydrogen (secondary N) is 1. The van der Waals surface area contributed by atoms with Crippen molar-refractivity contribution in [2.45, 2.75) is 13.1 Å². The second-order valence-corrected chi connectivity index (χ2v) is 4.45. The van der Waals surface area contributed by atoms with Crippen LogP contribution in [0.4, 0.5) is 0 Å². The fourth-order valence-electron chi connectivity index (χ4n) is 2.02. The van der Waals surface area contributed by atoms with Gasteiger partial charge in [0.05, 0.1) is 33.4 Å². The van der Waals surface area contributed by atoms with Crippen LogP contribution in [-0.4, -0.2) is 36.1 Å². The van der Waals surface area contributed by atoms with Crippen molar-refractivity contribution in [1.82, 2.24) is 20.1 Å². The van der Waals surface area contributed by atoms with Crippen molar-refractivity contribution in [2.24, 2.45) is 7.05 Å². The fraction of sp³-hybridized carbons (Fsp3) is 0.429. The van der Waals surface area contributed by atoms with Crippen molar-refractivity contribution in [2.75, 3.05) is 21.3 Å². The number of benzene rings is 1. The first kappa shape index (κ1) is 15.1. The van der Waals surface area contributed by atoms with E-state index < -0.39 is 0 Å². The SMILES string of the molecule is COc1cc(OC)c(CNCc2ncn(C)n2)c(OC)c1. The molecule has 0 saturated carbocycles. The van der Waals surface area contributed by atoms with E-state index in [2.05, 4.69) is 15.4 Å². The van der Waals surface area contributed by atoms with Crippen molar-refractivity contribution in [3.63, 3.8) is 0 Å². The summed E-state index contributed by atoms with van der Waals surface area (Å²) in [5.74, 6) is 2.86.